The Hall–Kier alpha value is -1.90. The number of benzene rings is 1. The molecule has 1 aromatic heterocycles. The molecule has 2 aromatic rings. The molecule has 4 fully saturated rings. The maximum atomic E-state index is 13.0. The maximum Gasteiger partial charge on any atom is 0.270 e. The lowest BCUT2D eigenvalue weighted by molar-refractivity contribution is -0.0167. The summed E-state index contributed by atoms with van der Waals surface area (Å²) in [6.07, 6.45) is 9.45. The van der Waals surface area contributed by atoms with Crippen LogP contribution in [0.15, 0.2) is 36.5 Å². The van der Waals surface area contributed by atoms with Crippen molar-refractivity contribution < 1.29 is 4.79 Å². The van der Waals surface area contributed by atoms with E-state index in [0.717, 1.165) is 28.5 Å². The predicted molar refractivity (Wildman–Crippen MR) is 90.1 cm³/mol. The zero-order valence-corrected chi connectivity index (χ0v) is 13.3. The van der Waals surface area contributed by atoms with Crippen LogP contribution in [0.3, 0.4) is 0 Å². The van der Waals surface area contributed by atoms with Crippen LogP contribution in [0.25, 0.3) is 10.8 Å². The fourth-order valence-corrected chi connectivity index (χ4v) is 5.86. The molecule has 118 valence electrons. The Kier molecular flexibility index (Phi) is 2.82. The molecule has 0 spiro atoms. The Morgan fingerprint density at radius 1 is 1.00 bits per heavy atom. The van der Waals surface area contributed by atoms with Crippen LogP contribution in [0, 0.1) is 17.8 Å². The highest BCUT2D eigenvalue weighted by molar-refractivity contribution is 6.05. The molecule has 6 rings (SSSR count). The van der Waals surface area contributed by atoms with E-state index in [1.165, 1.54) is 38.5 Å². The summed E-state index contributed by atoms with van der Waals surface area (Å²) >= 11 is 0. The molecule has 4 saturated carbocycles. The summed E-state index contributed by atoms with van der Waals surface area (Å²) in [5.41, 5.74) is 0.628. The van der Waals surface area contributed by atoms with E-state index in [4.69, 9.17) is 0 Å². The number of carbonyl (C=O) groups excluding carboxylic acids is 1. The molecule has 3 heteroatoms. The molecule has 0 unspecified atom stereocenters. The first-order valence-corrected chi connectivity index (χ1v) is 8.87. The molecule has 0 aliphatic heterocycles. The highest BCUT2D eigenvalue weighted by atomic mass is 16.2. The third-order valence-corrected chi connectivity index (χ3v) is 6.31. The quantitative estimate of drug-likeness (QED) is 0.913. The number of carbonyl (C=O) groups is 1. The van der Waals surface area contributed by atoms with Gasteiger partial charge in [-0.1, -0.05) is 24.3 Å². The monoisotopic (exact) mass is 306 g/mol. The average Bonchev–Trinajstić information content (AvgIpc) is 2.52. The first-order chi connectivity index (χ1) is 11.2. The van der Waals surface area contributed by atoms with Crippen LogP contribution in [0.2, 0.25) is 0 Å². The van der Waals surface area contributed by atoms with Crippen LogP contribution >= 0.6 is 0 Å². The van der Waals surface area contributed by atoms with Crippen LogP contribution in [0.4, 0.5) is 0 Å². The Balaban J connectivity index is 1.47. The predicted octanol–water partition coefficient (Wildman–Crippen LogP) is 3.93. The molecule has 0 radical (unpaired) electrons. The van der Waals surface area contributed by atoms with Gasteiger partial charge in [0.25, 0.3) is 5.91 Å². The Morgan fingerprint density at radius 2 is 1.65 bits per heavy atom. The van der Waals surface area contributed by atoms with Crippen molar-refractivity contribution in [3.8, 4) is 0 Å². The van der Waals surface area contributed by atoms with Crippen LogP contribution in [0.5, 0.6) is 0 Å². The number of hydrogen-bond acceptors (Lipinski definition) is 2. The molecule has 1 aromatic carbocycles. The van der Waals surface area contributed by atoms with E-state index in [2.05, 4.69) is 10.3 Å². The number of nitrogens with one attached hydrogen (secondary N) is 1. The fourth-order valence-electron chi connectivity index (χ4n) is 5.86. The van der Waals surface area contributed by atoms with Gasteiger partial charge >= 0.3 is 0 Å². The van der Waals surface area contributed by atoms with Crippen molar-refractivity contribution in [2.45, 2.75) is 44.1 Å². The van der Waals surface area contributed by atoms with E-state index < -0.39 is 0 Å². The standard InChI is InChI=1S/C20H22N2O/c23-19(18-17-4-2-1-3-16(17)5-6-21-18)22-20-10-13-7-14(11-20)9-15(8-13)12-20/h1-6,13-15H,7-12H2,(H,22,23). The molecule has 4 aliphatic rings. The van der Waals surface area contributed by atoms with Gasteiger partial charge in [-0.25, -0.2) is 0 Å². The Labute approximate surface area is 136 Å². The van der Waals surface area contributed by atoms with Crippen molar-refractivity contribution in [1.29, 1.82) is 0 Å². The molecule has 1 N–H and O–H groups in total. The number of nitrogens with zero attached hydrogens (tertiary/aromatic N) is 1. The van der Waals surface area contributed by atoms with E-state index in [1.807, 2.05) is 30.3 Å². The lowest BCUT2D eigenvalue weighted by Crippen LogP contribution is -2.59. The smallest absolute Gasteiger partial charge is 0.270 e. The minimum Gasteiger partial charge on any atom is -0.345 e. The molecular formula is C20H22N2O. The van der Waals surface area contributed by atoms with E-state index in [1.54, 1.807) is 6.20 Å². The van der Waals surface area contributed by atoms with Crippen molar-refractivity contribution >= 4 is 16.7 Å². The molecule has 3 nitrogen and oxygen atoms in total. The molecule has 4 aliphatic carbocycles. The van der Waals surface area contributed by atoms with Gasteiger partial charge in [-0.2, -0.15) is 0 Å². The number of hydrogen-bond donors (Lipinski definition) is 1. The van der Waals surface area contributed by atoms with Crippen molar-refractivity contribution in [2.24, 2.45) is 17.8 Å². The second-order valence-corrected chi connectivity index (χ2v) is 8.03. The second-order valence-electron chi connectivity index (χ2n) is 8.03. The summed E-state index contributed by atoms with van der Waals surface area (Å²) in [5, 5.41) is 5.47. The highest BCUT2D eigenvalue weighted by Gasteiger charge is 2.51. The van der Waals surface area contributed by atoms with Gasteiger partial charge in [0, 0.05) is 17.1 Å². The van der Waals surface area contributed by atoms with Crippen LogP contribution in [-0.4, -0.2) is 16.4 Å². The minimum absolute atomic E-state index is 0.0174. The first kappa shape index (κ1) is 13.5. The topological polar surface area (TPSA) is 42.0 Å². The molecule has 1 amide bonds. The summed E-state index contributed by atoms with van der Waals surface area (Å²) in [5.74, 6) is 2.52. The van der Waals surface area contributed by atoms with Crippen molar-refractivity contribution in [1.82, 2.24) is 10.3 Å². The summed E-state index contributed by atoms with van der Waals surface area (Å²) in [4.78, 5) is 17.4. The van der Waals surface area contributed by atoms with Gasteiger partial charge in [0.2, 0.25) is 0 Å². The highest BCUT2D eigenvalue weighted by Crippen LogP contribution is 2.55. The van der Waals surface area contributed by atoms with Gasteiger partial charge in [-0.05, 0) is 67.7 Å². The number of amides is 1. The lowest BCUT2D eigenvalue weighted by Gasteiger charge is -2.56. The van der Waals surface area contributed by atoms with E-state index in [9.17, 15) is 4.79 Å². The average molecular weight is 306 g/mol. The Morgan fingerprint density at radius 3 is 2.35 bits per heavy atom. The first-order valence-electron chi connectivity index (χ1n) is 8.87. The molecule has 23 heavy (non-hydrogen) atoms. The van der Waals surface area contributed by atoms with Gasteiger partial charge in [-0.15, -0.1) is 0 Å². The minimum atomic E-state index is 0.0174. The van der Waals surface area contributed by atoms with Crippen molar-refractivity contribution in [2.75, 3.05) is 0 Å². The van der Waals surface area contributed by atoms with Gasteiger partial charge in [0.1, 0.15) is 5.69 Å². The SMILES string of the molecule is O=C(NC12CC3CC(CC(C3)C1)C2)c1nccc2ccccc12. The lowest BCUT2D eigenvalue weighted by atomic mass is 9.53. The fraction of sp³-hybridized carbons (Fsp3) is 0.500. The Bertz CT molecular complexity index is 742. The number of rotatable bonds is 2. The molecule has 0 atom stereocenters. The largest absolute Gasteiger partial charge is 0.345 e. The van der Waals surface area contributed by atoms with Gasteiger partial charge in [-0.3, -0.25) is 9.78 Å². The van der Waals surface area contributed by atoms with E-state index >= 15 is 0 Å². The van der Waals surface area contributed by atoms with Gasteiger partial charge in [0.15, 0.2) is 0 Å². The maximum absolute atomic E-state index is 13.0. The number of pyridine rings is 1. The molecule has 1 heterocycles. The zero-order chi connectivity index (χ0) is 15.4. The third kappa shape index (κ3) is 2.17. The summed E-state index contributed by atoms with van der Waals surface area (Å²) in [6, 6.07) is 9.99. The summed E-state index contributed by atoms with van der Waals surface area (Å²) < 4.78 is 0. The number of fused-ring (bicyclic) bond motifs is 1. The van der Waals surface area contributed by atoms with E-state index in [-0.39, 0.29) is 11.4 Å². The second kappa shape index (κ2) is 4.80. The zero-order valence-electron chi connectivity index (χ0n) is 13.3. The normalized spacial score (nSPS) is 34.7. The molecule has 4 bridgehead atoms. The summed E-state index contributed by atoms with van der Waals surface area (Å²) in [7, 11) is 0. The van der Waals surface area contributed by atoms with Crippen LogP contribution in [0.1, 0.15) is 49.0 Å². The van der Waals surface area contributed by atoms with Gasteiger partial charge in [0.05, 0.1) is 0 Å². The van der Waals surface area contributed by atoms with Crippen LogP contribution in [-0.2, 0) is 0 Å². The summed E-state index contributed by atoms with van der Waals surface area (Å²) in [6.45, 7) is 0. The van der Waals surface area contributed by atoms with Crippen LogP contribution < -0.4 is 5.32 Å². The molecule has 0 saturated heterocycles. The van der Waals surface area contributed by atoms with Crippen molar-refractivity contribution in [3.63, 3.8) is 0 Å². The third-order valence-electron chi connectivity index (χ3n) is 6.31. The van der Waals surface area contributed by atoms with Crippen molar-refractivity contribution in [3.05, 3.63) is 42.2 Å². The van der Waals surface area contributed by atoms with Gasteiger partial charge < -0.3 is 5.32 Å². The number of aromatic nitrogens is 1. The van der Waals surface area contributed by atoms with E-state index in [0.29, 0.717) is 5.69 Å². The molecular weight excluding hydrogens is 284 g/mol.